The topological polar surface area (TPSA) is 0 Å². The minimum Gasteiger partial charge on any atom is -0.0683 e. The highest BCUT2D eigenvalue weighted by Crippen LogP contribution is 2.20. The monoisotopic (exact) mass is 539 g/mol. The standard InChI is InChI=1S/C12H18.C9H12.3C4H10.2C2H6.2B/c1-9(2)11-6-5-7-12(8-11)10(3)4;1-8(2)9-6-4-3-5-7-9;3*1-4(2)3;2*1-2;;/h5-10H,1-4H3;3-8H,1-2H3;3*4H,1-3H3;2*1-2H3;;. The molecule has 0 unspecified atom stereocenters. The SMILES string of the molecule is CC.CC.CC(C)C.CC(C)C.CC(C)C.CC(C)c1cccc(C(C)C)c1.CC(C)c1ccccc1.[B].[B]. The molecule has 0 N–H and O–H groups in total. The van der Waals surface area contributed by atoms with Gasteiger partial charge in [0.2, 0.25) is 0 Å². The summed E-state index contributed by atoms with van der Waals surface area (Å²) in [6.45, 7) is 40.8. The lowest BCUT2D eigenvalue weighted by molar-refractivity contribution is 0.736. The molecule has 0 aliphatic rings. The maximum absolute atomic E-state index is 2.31. The van der Waals surface area contributed by atoms with E-state index in [9.17, 15) is 0 Å². The summed E-state index contributed by atoms with van der Waals surface area (Å²) in [6, 6.07) is 19.4. The van der Waals surface area contributed by atoms with E-state index >= 15 is 0 Å². The van der Waals surface area contributed by atoms with Gasteiger partial charge < -0.3 is 0 Å². The van der Waals surface area contributed by atoms with Gasteiger partial charge >= 0.3 is 0 Å². The van der Waals surface area contributed by atoms with Crippen LogP contribution in [0.3, 0.4) is 0 Å². The molecule has 0 amide bonds. The van der Waals surface area contributed by atoms with Gasteiger partial charge in [-0.05, 0) is 52.2 Å². The molecule has 0 atom stereocenters. The second-order valence-electron chi connectivity index (χ2n) is 11.7. The van der Waals surface area contributed by atoms with Crippen molar-refractivity contribution in [1.82, 2.24) is 0 Å². The fourth-order valence-corrected chi connectivity index (χ4v) is 2.12. The zero-order valence-corrected chi connectivity index (χ0v) is 30.3. The van der Waals surface area contributed by atoms with Crippen molar-refractivity contribution in [1.29, 1.82) is 0 Å². The molecule has 0 heterocycles. The van der Waals surface area contributed by atoms with E-state index in [1.807, 2.05) is 33.8 Å². The Labute approximate surface area is 254 Å². The fraction of sp³-hybridized carbons (Fsp3) is 0.676. The summed E-state index contributed by atoms with van der Waals surface area (Å²) in [5.41, 5.74) is 4.31. The molecule has 0 saturated carbocycles. The van der Waals surface area contributed by atoms with E-state index in [0.717, 1.165) is 17.8 Å². The minimum absolute atomic E-state index is 0. The summed E-state index contributed by atoms with van der Waals surface area (Å²) in [5.74, 6) is 4.44. The van der Waals surface area contributed by atoms with Crippen LogP contribution in [0.25, 0.3) is 0 Å². The predicted octanol–water partition coefficient (Wildman–Crippen LogP) is 13.0. The number of hydrogen-bond acceptors (Lipinski definition) is 0. The third kappa shape index (κ3) is 53.5. The Bertz CT molecular complexity index is 596. The Morgan fingerprint density at radius 1 is 0.333 bits per heavy atom. The Balaban J connectivity index is -0.0000000676. The van der Waals surface area contributed by atoms with E-state index in [2.05, 4.69) is 152 Å². The zero-order valence-electron chi connectivity index (χ0n) is 30.3. The van der Waals surface area contributed by atoms with E-state index in [4.69, 9.17) is 0 Å². The quantitative estimate of drug-likeness (QED) is 0.341. The highest BCUT2D eigenvalue weighted by Gasteiger charge is 2.02. The summed E-state index contributed by atoms with van der Waals surface area (Å²) < 4.78 is 0. The molecule has 6 radical (unpaired) electrons. The van der Waals surface area contributed by atoms with E-state index < -0.39 is 0 Å². The first-order chi connectivity index (χ1) is 17.1. The van der Waals surface area contributed by atoms with E-state index in [-0.39, 0.29) is 16.8 Å². The van der Waals surface area contributed by atoms with Crippen LogP contribution in [0.5, 0.6) is 0 Å². The predicted molar refractivity (Wildman–Crippen MR) is 191 cm³/mol. The van der Waals surface area contributed by atoms with Gasteiger partial charge in [-0.2, -0.15) is 0 Å². The summed E-state index contributed by atoms with van der Waals surface area (Å²) in [7, 11) is 0. The van der Waals surface area contributed by atoms with E-state index in [0.29, 0.717) is 17.8 Å². The van der Waals surface area contributed by atoms with Crippen LogP contribution in [-0.2, 0) is 0 Å². The zero-order chi connectivity index (χ0) is 30.6. The lowest BCUT2D eigenvalue weighted by Gasteiger charge is -2.09. The summed E-state index contributed by atoms with van der Waals surface area (Å²) in [5, 5.41) is 0. The highest BCUT2D eigenvalue weighted by atomic mass is 14.1. The molecule has 39 heavy (non-hydrogen) atoms. The van der Waals surface area contributed by atoms with Crippen LogP contribution in [0.4, 0.5) is 0 Å². The van der Waals surface area contributed by atoms with Gasteiger partial charge in [-0.25, -0.2) is 0 Å². The maximum atomic E-state index is 2.31. The van der Waals surface area contributed by atoms with E-state index in [1.165, 1.54) is 16.7 Å². The smallest absolute Gasteiger partial charge is 0 e. The molecule has 0 aliphatic carbocycles. The van der Waals surface area contributed by atoms with Gasteiger partial charge in [0, 0.05) is 16.8 Å². The molecule has 226 valence electrons. The summed E-state index contributed by atoms with van der Waals surface area (Å²) in [4.78, 5) is 0. The molecule has 0 fully saturated rings. The van der Waals surface area contributed by atoms with Crippen molar-refractivity contribution in [2.75, 3.05) is 0 Å². The Hall–Kier alpha value is -1.43. The average molecular weight is 539 g/mol. The van der Waals surface area contributed by atoms with Crippen LogP contribution < -0.4 is 0 Å². The van der Waals surface area contributed by atoms with Crippen molar-refractivity contribution >= 4 is 16.8 Å². The van der Waals surface area contributed by atoms with Crippen molar-refractivity contribution in [3.63, 3.8) is 0 Å². The first kappa shape index (κ1) is 53.8. The second kappa shape index (κ2) is 38.7. The first-order valence-electron chi connectivity index (χ1n) is 15.3. The van der Waals surface area contributed by atoms with Crippen LogP contribution in [0.15, 0.2) is 54.6 Å². The molecule has 2 aromatic rings. The number of benzene rings is 2. The molecule has 0 saturated heterocycles. The van der Waals surface area contributed by atoms with Crippen molar-refractivity contribution in [3.05, 3.63) is 71.3 Å². The Kier molecular flexibility index (Phi) is 53.4. The number of hydrogen-bond donors (Lipinski definition) is 0. The number of rotatable bonds is 3. The molecule has 0 aliphatic heterocycles. The summed E-state index contributed by atoms with van der Waals surface area (Å²) >= 11 is 0. The Morgan fingerprint density at radius 3 is 0.718 bits per heavy atom. The van der Waals surface area contributed by atoms with Crippen molar-refractivity contribution in [2.24, 2.45) is 17.8 Å². The van der Waals surface area contributed by atoms with Crippen LogP contribution in [0.1, 0.15) is 166 Å². The van der Waals surface area contributed by atoms with Crippen LogP contribution in [0, 0.1) is 17.8 Å². The molecule has 2 aromatic carbocycles. The van der Waals surface area contributed by atoms with Gasteiger partial charge in [0.25, 0.3) is 0 Å². The second-order valence-corrected chi connectivity index (χ2v) is 11.7. The van der Waals surface area contributed by atoms with Gasteiger partial charge in [0.15, 0.2) is 0 Å². The lowest BCUT2D eigenvalue weighted by Crippen LogP contribution is -1.91. The molecule has 2 heteroatoms. The molecule has 0 bridgehead atoms. The fourth-order valence-electron chi connectivity index (χ4n) is 2.12. The van der Waals surface area contributed by atoms with Crippen molar-refractivity contribution < 1.29 is 0 Å². The molecule has 0 aromatic heterocycles. The Morgan fingerprint density at radius 2 is 0.538 bits per heavy atom. The van der Waals surface area contributed by atoms with E-state index in [1.54, 1.807) is 0 Å². The van der Waals surface area contributed by atoms with Crippen LogP contribution >= 0.6 is 0 Å². The molecule has 2 rings (SSSR count). The normalized spacial score (nSPS) is 8.85. The van der Waals surface area contributed by atoms with Crippen LogP contribution in [0.2, 0.25) is 0 Å². The maximum Gasteiger partial charge on any atom is 0 e. The molecular weight excluding hydrogens is 466 g/mol. The van der Waals surface area contributed by atoms with Gasteiger partial charge in [-0.3, -0.25) is 0 Å². The summed E-state index contributed by atoms with van der Waals surface area (Å²) in [6.07, 6.45) is 0. The molecule has 0 nitrogen and oxygen atoms in total. The lowest BCUT2D eigenvalue weighted by atomic mass is 9.96. The largest absolute Gasteiger partial charge is 0.0683 e. The third-order valence-corrected chi connectivity index (χ3v) is 3.71. The molecule has 0 spiro atoms. The van der Waals surface area contributed by atoms with Crippen molar-refractivity contribution in [3.8, 4) is 0 Å². The van der Waals surface area contributed by atoms with Gasteiger partial charge in [0.1, 0.15) is 0 Å². The first-order valence-corrected chi connectivity index (χ1v) is 15.3. The van der Waals surface area contributed by atoms with Gasteiger partial charge in [0.05, 0.1) is 0 Å². The third-order valence-electron chi connectivity index (χ3n) is 3.71. The minimum atomic E-state index is 0. The highest BCUT2D eigenvalue weighted by molar-refractivity contribution is 5.76. The average Bonchev–Trinajstić information content (AvgIpc) is 2.81. The van der Waals surface area contributed by atoms with Crippen molar-refractivity contribution in [2.45, 2.75) is 149 Å². The van der Waals surface area contributed by atoms with Gasteiger partial charge in [-0.1, -0.05) is 186 Å². The molecular formula is C37H72B2. The van der Waals surface area contributed by atoms with Gasteiger partial charge in [-0.15, -0.1) is 0 Å². The van der Waals surface area contributed by atoms with Crippen LogP contribution in [-0.4, -0.2) is 16.8 Å².